The zero-order valence-electron chi connectivity index (χ0n) is 8.15. The van der Waals surface area contributed by atoms with E-state index < -0.39 is 0 Å². The standard InChI is InChI=1S/C9H22Si/c1-6-7-10(8(2)3)9(4)5/h8-10H,6-7H2,1-5H3. The Morgan fingerprint density at radius 1 is 1.00 bits per heavy atom. The SMILES string of the molecule is CCC[SiH](C(C)C)C(C)C. The molecule has 0 fully saturated rings. The molecule has 62 valence electrons. The summed E-state index contributed by atoms with van der Waals surface area (Å²) in [5.74, 6) is 0. The molecule has 0 bridgehead atoms. The van der Waals surface area contributed by atoms with E-state index in [1.165, 1.54) is 12.5 Å². The third-order valence-corrected chi connectivity index (χ3v) is 7.00. The molecular weight excluding hydrogens is 136 g/mol. The van der Waals surface area contributed by atoms with E-state index in [1.54, 1.807) is 0 Å². The van der Waals surface area contributed by atoms with E-state index in [4.69, 9.17) is 0 Å². The Bertz CT molecular complexity index is 68.8. The van der Waals surface area contributed by atoms with Crippen molar-refractivity contribution in [1.82, 2.24) is 0 Å². The summed E-state index contributed by atoms with van der Waals surface area (Å²) in [5, 5.41) is 0. The van der Waals surface area contributed by atoms with Gasteiger partial charge in [0.2, 0.25) is 0 Å². The fourth-order valence-corrected chi connectivity index (χ4v) is 5.31. The van der Waals surface area contributed by atoms with Crippen LogP contribution in [0.2, 0.25) is 17.1 Å². The minimum atomic E-state index is -0.380. The molecule has 10 heavy (non-hydrogen) atoms. The number of rotatable bonds is 4. The number of hydrogen-bond acceptors (Lipinski definition) is 0. The van der Waals surface area contributed by atoms with Gasteiger partial charge in [0.25, 0.3) is 0 Å². The molecule has 0 spiro atoms. The van der Waals surface area contributed by atoms with Gasteiger partial charge in [-0.1, -0.05) is 58.2 Å². The fraction of sp³-hybridized carbons (Fsp3) is 1.00. The van der Waals surface area contributed by atoms with Gasteiger partial charge in [0, 0.05) is 8.80 Å². The Balaban J connectivity index is 3.73. The van der Waals surface area contributed by atoms with E-state index in [9.17, 15) is 0 Å². The molecule has 0 aliphatic rings. The lowest BCUT2D eigenvalue weighted by Gasteiger charge is -2.22. The van der Waals surface area contributed by atoms with E-state index in [0.717, 1.165) is 11.1 Å². The summed E-state index contributed by atoms with van der Waals surface area (Å²) < 4.78 is 0. The number of hydrogen-bond donors (Lipinski definition) is 0. The first-order valence-corrected chi connectivity index (χ1v) is 6.74. The predicted octanol–water partition coefficient (Wildman–Crippen LogP) is 3.44. The van der Waals surface area contributed by atoms with Gasteiger partial charge in [-0.25, -0.2) is 0 Å². The summed E-state index contributed by atoms with van der Waals surface area (Å²) in [6, 6.07) is 1.54. The van der Waals surface area contributed by atoms with Crippen LogP contribution in [0.25, 0.3) is 0 Å². The molecule has 0 aliphatic heterocycles. The zero-order chi connectivity index (χ0) is 8.15. The first kappa shape index (κ1) is 10.2. The van der Waals surface area contributed by atoms with Crippen LogP contribution in [-0.2, 0) is 0 Å². The largest absolute Gasteiger partial charge is 0.0657 e. The highest BCUT2D eigenvalue weighted by Crippen LogP contribution is 2.24. The summed E-state index contributed by atoms with van der Waals surface area (Å²) in [4.78, 5) is 0. The minimum absolute atomic E-state index is 0.380. The Morgan fingerprint density at radius 2 is 1.40 bits per heavy atom. The second-order valence-electron chi connectivity index (χ2n) is 3.94. The maximum atomic E-state index is 2.40. The first-order chi connectivity index (χ1) is 4.59. The molecule has 0 radical (unpaired) electrons. The van der Waals surface area contributed by atoms with Crippen LogP contribution < -0.4 is 0 Å². The van der Waals surface area contributed by atoms with Crippen molar-refractivity contribution in [2.75, 3.05) is 0 Å². The molecule has 0 aromatic carbocycles. The normalized spacial score (nSPS) is 12.0. The summed E-state index contributed by atoms with van der Waals surface area (Å²) in [6.07, 6.45) is 1.40. The third kappa shape index (κ3) is 3.40. The lowest BCUT2D eigenvalue weighted by molar-refractivity contribution is 0.894. The fourth-order valence-electron chi connectivity index (χ4n) is 1.77. The van der Waals surface area contributed by atoms with E-state index in [-0.39, 0.29) is 8.80 Å². The smallest absolute Gasteiger partial charge is 0.0419 e. The van der Waals surface area contributed by atoms with Crippen molar-refractivity contribution < 1.29 is 0 Å². The second kappa shape index (κ2) is 4.95. The topological polar surface area (TPSA) is 0 Å². The molecule has 1 heteroatoms. The van der Waals surface area contributed by atoms with Crippen LogP contribution in [-0.4, -0.2) is 8.80 Å². The van der Waals surface area contributed by atoms with Gasteiger partial charge >= 0.3 is 0 Å². The van der Waals surface area contributed by atoms with Crippen LogP contribution in [0, 0.1) is 0 Å². The van der Waals surface area contributed by atoms with Gasteiger partial charge in [0.05, 0.1) is 0 Å². The first-order valence-electron chi connectivity index (χ1n) is 4.59. The molecule has 0 amide bonds. The Labute approximate surface area is 67.6 Å². The summed E-state index contributed by atoms with van der Waals surface area (Å²) in [7, 11) is -0.380. The molecule has 0 unspecified atom stereocenters. The monoisotopic (exact) mass is 158 g/mol. The van der Waals surface area contributed by atoms with Crippen LogP contribution in [0.4, 0.5) is 0 Å². The van der Waals surface area contributed by atoms with E-state index in [0.29, 0.717) is 0 Å². The summed E-state index contributed by atoms with van der Waals surface area (Å²) >= 11 is 0. The predicted molar refractivity (Wildman–Crippen MR) is 52.4 cm³/mol. The van der Waals surface area contributed by atoms with E-state index >= 15 is 0 Å². The molecule has 0 nitrogen and oxygen atoms in total. The van der Waals surface area contributed by atoms with Gasteiger partial charge in [0.1, 0.15) is 0 Å². The maximum absolute atomic E-state index is 2.40. The van der Waals surface area contributed by atoms with Crippen molar-refractivity contribution in [2.24, 2.45) is 0 Å². The Morgan fingerprint density at radius 3 is 1.50 bits per heavy atom. The van der Waals surface area contributed by atoms with Gasteiger partial charge in [-0.05, 0) is 0 Å². The molecule has 0 N–H and O–H groups in total. The zero-order valence-corrected chi connectivity index (χ0v) is 9.30. The highest BCUT2D eigenvalue weighted by Gasteiger charge is 2.17. The van der Waals surface area contributed by atoms with E-state index in [1.807, 2.05) is 0 Å². The van der Waals surface area contributed by atoms with Gasteiger partial charge in [-0.15, -0.1) is 0 Å². The summed E-state index contributed by atoms with van der Waals surface area (Å²) in [5.41, 5.74) is 2.00. The van der Waals surface area contributed by atoms with Crippen LogP contribution in [0.15, 0.2) is 0 Å². The molecule has 0 rings (SSSR count). The van der Waals surface area contributed by atoms with Crippen molar-refractivity contribution in [3.8, 4) is 0 Å². The highest BCUT2D eigenvalue weighted by atomic mass is 28.3. The molecular formula is C9H22Si. The highest BCUT2D eigenvalue weighted by molar-refractivity contribution is 6.61. The minimum Gasteiger partial charge on any atom is -0.0657 e. The molecule has 0 saturated carbocycles. The van der Waals surface area contributed by atoms with Crippen molar-refractivity contribution in [3.63, 3.8) is 0 Å². The van der Waals surface area contributed by atoms with Gasteiger partial charge < -0.3 is 0 Å². The average Bonchev–Trinajstić information content (AvgIpc) is 1.81. The van der Waals surface area contributed by atoms with Crippen molar-refractivity contribution >= 4 is 8.80 Å². The molecule has 0 heterocycles. The summed E-state index contributed by atoms with van der Waals surface area (Å²) in [6.45, 7) is 11.9. The lowest BCUT2D eigenvalue weighted by Crippen LogP contribution is -2.19. The van der Waals surface area contributed by atoms with Gasteiger partial charge in [0.15, 0.2) is 0 Å². The molecule has 0 atom stereocenters. The quantitative estimate of drug-likeness (QED) is 0.550. The molecule has 0 aromatic rings. The van der Waals surface area contributed by atoms with E-state index in [2.05, 4.69) is 34.6 Å². The molecule has 0 aromatic heterocycles. The van der Waals surface area contributed by atoms with Crippen molar-refractivity contribution in [3.05, 3.63) is 0 Å². The maximum Gasteiger partial charge on any atom is 0.0419 e. The van der Waals surface area contributed by atoms with Crippen LogP contribution in [0.3, 0.4) is 0 Å². The van der Waals surface area contributed by atoms with Crippen LogP contribution >= 0.6 is 0 Å². The van der Waals surface area contributed by atoms with Crippen molar-refractivity contribution in [2.45, 2.75) is 58.2 Å². The Kier molecular flexibility index (Phi) is 5.05. The lowest BCUT2D eigenvalue weighted by atomic mass is 10.5. The third-order valence-electron chi connectivity index (χ3n) is 2.33. The molecule has 0 aliphatic carbocycles. The van der Waals surface area contributed by atoms with Crippen LogP contribution in [0.5, 0.6) is 0 Å². The van der Waals surface area contributed by atoms with Crippen LogP contribution in [0.1, 0.15) is 41.0 Å². The van der Waals surface area contributed by atoms with Gasteiger partial charge in [-0.2, -0.15) is 0 Å². The Hall–Kier alpha value is 0.217. The average molecular weight is 158 g/mol. The molecule has 0 saturated heterocycles. The van der Waals surface area contributed by atoms with Crippen molar-refractivity contribution in [1.29, 1.82) is 0 Å². The second-order valence-corrected chi connectivity index (χ2v) is 8.51. The van der Waals surface area contributed by atoms with Gasteiger partial charge in [-0.3, -0.25) is 0 Å².